The second-order valence-electron chi connectivity index (χ2n) is 7.42. The summed E-state index contributed by atoms with van der Waals surface area (Å²) in [7, 11) is 0.123. The zero-order valence-electron chi connectivity index (χ0n) is 16.2. The van der Waals surface area contributed by atoms with Crippen LogP contribution in [0.15, 0.2) is 18.2 Å². The predicted molar refractivity (Wildman–Crippen MR) is 107 cm³/mol. The van der Waals surface area contributed by atoms with Gasteiger partial charge in [0.15, 0.2) is 0 Å². The summed E-state index contributed by atoms with van der Waals surface area (Å²) in [5, 5.41) is 0. The Hall–Kier alpha value is 0.742. The van der Waals surface area contributed by atoms with Crippen LogP contribution in [-0.4, -0.2) is 22.6 Å². The third-order valence-electron chi connectivity index (χ3n) is 4.27. The quantitative estimate of drug-likeness (QED) is 0.229. The summed E-state index contributed by atoms with van der Waals surface area (Å²) in [4.78, 5) is 0. The molecule has 0 nitrogen and oxygen atoms in total. The summed E-state index contributed by atoms with van der Waals surface area (Å²) >= 11 is 0. The fourth-order valence-corrected chi connectivity index (χ4v) is 8.07. The van der Waals surface area contributed by atoms with Gasteiger partial charge in [0.25, 0.3) is 0 Å². The molecule has 0 bridgehead atoms. The Morgan fingerprint density at radius 3 is 1.26 bits per heavy atom. The van der Waals surface area contributed by atoms with Gasteiger partial charge < -0.3 is 0 Å². The number of benzene rings is 1. The minimum Gasteiger partial charge on any atom is -0.176 e. The molecule has 0 N–H and O–H groups in total. The Bertz CT molecular complexity index is 388. The van der Waals surface area contributed by atoms with Crippen LogP contribution in [0, 0.1) is 6.07 Å². The van der Waals surface area contributed by atoms with Gasteiger partial charge in [0.1, 0.15) is 0 Å². The Kier molecular flexibility index (Phi) is 11.7. The number of hydrogen-bond donors (Lipinski definition) is 0. The van der Waals surface area contributed by atoms with Gasteiger partial charge in [-0.25, -0.2) is 0 Å². The summed E-state index contributed by atoms with van der Waals surface area (Å²) in [6, 6.07) is 10.6. The molecule has 3 heteroatoms. The summed E-state index contributed by atoms with van der Waals surface area (Å²) in [5.41, 5.74) is 6.08. The molecule has 136 valence electrons. The molecule has 0 saturated heterocycles. The van der Waals surface area contributed by atoms with Crippen LogP contribution in [-0.2, 0) is 32.7 Å². The average Bonchev–Trinajstić information content (AvgIpc) is 2.41. The Balaban J connectivity index is 0.00000484. The fraction of sp³-hybridized carbons (Fsp3) is 0.700. The van der Waals surface area contributed by atoms with Crippen molar-refractivity contribution in [2.24, 2.45) is 0 Å². The first-order chi connectivity index (χ1) is 10.2. The summed E-state index contributed by atoms with van der Waals surface area (Å²) < 4.78 is 0. The molecular weight excluding hydrogens is 409 g/mol. The minimum atomic E-state index is 0. The van der Waals surface area contributed by atoms with Crippen LogP contribution in [0.1, 0.15) is 66.5 Å². The van der Waals surface area contributed by atoms with E-state index in [-0.39, 0.29) is 36.3 Å². The molecule has 0 unspecified atom stereocenters. The second-order valence-corrected chi connectivity index (χ2v) is 14.2. The third kappa shape index (κ3) is 8.11. The summed E-state index contributed by atoms with van der Waals surface area (Å²) in [6.07, 6.45) is 2.47. The van der Waals surface area contributed by atoms with Crippen LogP contribution in [0.4, 0.5) is 0 Å². The van der Waals surface area contributed by atoms with Gasteiger partial charge in [-0.05, 0) is 35.0 Å². The van der Waals surface area contributed by atoms with E-state index in [1.165, 1.54) is 23.5 Å². The molecule has 0 atom stereocenters. The van der Waals surface area contributed by atoms with E-state index in [0.717, 1.165) is 22.6 Å². The Morgan fingerprint density at radius 2 is 1.00 bits per heavy atom. The number of rotatable bonds is 8. The van der Waals surface area contributed by atoms with Crippen LogP contribution in [0.5, 0.6) is 0 Å². The average molecular weight is 444 g/mol. The molecule has 1 aromatic rings. The fourth-order valence-electron chi connectivity index (χ4n) is 3.07. The maximum Gasteiger partial charge on any atom is 0 e. The molecule has 0 fully saturated rings. The molecule has 0 amide bonds. The van der Waals surface area contributed by atoms with E-state index >= 15 is 0 Å². The monoisotopic (exact) mass is 443 g/mol. The molecule has 0 aromatic heterocycles. The Morgan fingerprint density at radius 1 is 0.696 bits per heavy atom. The minimum absolute atomic E-state index is 0. The molecule has 0 heterocycles. The molecule has 0 spiro atoms. The maximum atomic E-state index is 3.76. The van der Waals surface area contributed by atoms with Gasteiger partial charge in [-0.3, -0.25) is 0 Å². The van der Waals surface area contributed by atoms with Gasteiger partial charge in [-0.15, -0.1) is 0 Å². The van der Waals surface area contributed by atoms with E-state index in [1.807, 2.05) is 0 Å². The molecule has 0 aliphatic heterocycles. The van der Waals surface area contributed by atoms with Crippen molar-refractivity contribution < 1.29 is 20.4 Å². The van der Waals surface area contributed by atoms with Crippen molar-refractivity contribution in [2.45, 2.75) is 90.3 Å². The zero-order valence-corrected chi connectivity index (χ0v) is 19.5. The Labute approximate surface area is 161 Å². The molecule has 1 aromatic carbocycles. The van der Waals surface area contributed by atoms with Crippen molar-refractivity contribution in [3.05, 3.63) is 35.4 Å². The van der Waals surface area contributed by atoms with E-state index in [9.17, 15) is 0 Å². The van der Waals surface area contributed by atoms with Gasteiger partial charge in [0.2, 0.25) is 0 Å². The van der Waals surface area contributed by atoms with E-state index in [4.69, 9.17) is 0 Å². The summed E-state index contributed by atoms with van der Waals surface area (Å²) in [5.74, 6) is 0. The van der Waals surface area contributed by atoms with Gasteiger partial charge in [0, 0.05) is 20.4 Å². The molecule has 1 rings (SSSR count). The molecule has 0 saturated carbocycles. The van der Waals surface area contributed by atoms with Crippen LogP contribution in [0.2, 0.25) is 0 Å². The van der Waals surface area contributed by atoms with Gasteiger partial charge in [-0.1, -0.05) is 71.2 Å². The zero-order chi connectivity index (χ0) is 16.9. The molecule has 0 aliphatic rings. The molecular formula is C20H35P2Pd-. The first-order valence-corrected chi connectivity index (χ1v) is 12.1. The normalized spacial score (nSPS) is 12.1. The van der Waals surface area contributed by atoms with Crippen LogP contribution < -0.4 is 0 Å². The van der Waals surface area contributed by atoms with E-state index in [1.54, 1.807) is 0 Å². The first kappa shape index (κ1) is 23.7. The predicted octanol–water partition coefficient (Wildman–Crippen LogP) is 7.08. The van der Waals surface area contributed by atoms with Gasteiger partial charge >= 0.3 is 0 Å². The van der Waals surface area contributed by atoms with E-state index < -0.39 is 0 Å². The van der Waals surface area contributed by atoms with Crippen molar-refractivity contribution in [2.75, 3.05) is 0 Å². The standard InChI is InChI=1S/C20H35P2.Pd/c1-15(2)21(16(3)4)13-19-10-9-11-20(12-19)14-22(17(5)6)18(7)8;/h9-11,15-18H,13-14H2,1-8H3;/q-1;. The van der Waals surface area contributed by atoms with Crippen LogP contribution in [0.3, 0.4) is 0 Å². The van der Waals surface area contributed by atoms with Crippen molar-refractivity contribution >= 4 is 15.8 Å². The van der Waals surface area contributed by atoms with Gasteiger partial charge in [-0.2, -0.15) is 35.4 Å². The van der Waals surface area contributed by atoms with Crippen molar-refractivity contribution in [3.8, 4) is 0 Å². The molecule has 23 heavy (non-hydrogen) atoms. The molecule has 0 aliphatic carbocycles. The van der Waals surface area contributed by atoms with Crippen LogP contribution in [0.25, 0.3) is 0 Å². The van der Waals surface area contributed by atoms with Crippen molar-refractivity contribution in [1.82, 2.24) is 0 Å². The number of hydrogen-bond acceptors (Lipinski definition) is 0. The van der Waals surface area contributed by atoms with E-state index in [2.05, 4.69) is 79.7 Å². The maximum absolute atomic E-state index is 3.76. The van der Waals surface area contributed by atoms with Gasteiger partial charge in [0.05, 0.1) is 0 Å². The van der Waals surface area contributed by atoms with Crippen molar-refractivity contribution in [1.29, 1.82) is 0 Å². The van der Waals surface area contributed by atoms with Crippen LogP contribution >= 0.6 is 15.8 Å². The smallest absolute Gasteiger partial charge is 0 e. The second kappa shape index (κ2) is 11.4. The largest absolute Gasteiger partial charge is 0.176 e. The topological polar surface area (TPSA) is 0 Å². The summed E-state index contributed by atoms with van der Waals surface area (Å²) in [6.45, 7) is 19.1. The first-order valence-electron chi connectivity index (χ1n) is 8.74. The molecule has 0 radical (unpaired) electrons. The SMILES string of the molecule is CC(C)P(Cc1[c-]c(CP(C(C)C)C(C)C)ccc1)C(C)C.[Pd]. The third-order valence-corrected chi connectivity index (χ3v) is 11.0. The van der Waals surface area contributed by atoms with E-state index in [0.29, 0.717) is 0 Å². The van der Waals surface area contributed by atoms with Crippen molar-refractivity contribution in [3.63, 3.8) is 0 Å².